The van der Waals surface area contributed by atoms with Crippen LogP contribution in [0.2, 0.25) is 0 Å². The van der Waals surface area contributed by atoms with Crippen LogP contribution in [0.1, 0.15) is 11.6 Å². The summed E-state index contributed by atoms with van der Waals surface area (Å²) in [5.41, 5.74) is 5.93. The SMILES string of the molecule is NC(C(=O)O)c1ccc(OC2CS(=O)(=O)C2)c(Br)c1. The smallest absolute Gasteiger partial charge is 0.325 e. The van der Waals surface area contributed by atoms with E-state index in [2.05, 4.69) is 15.9 Å². The normalized spacial score (nSPS) is 19.5. The van der Waals surface area contributed by atoms with Crippen LogP contribution in [0.15, 0.2) is 22.7 Å². The summed E-state index contributed by atoms with van der Waals surface area (Å²) in [6.45, 7) is 0. The van der Waals surface area contributed by atoms with Crippen LogP contribution in [0, 0.1) is 0 Å². The Labute approximate surface area is 118 Å². The number of ether oxygens (including phenoxy) is 1. The van der Waals surface area contributed by atoms with Crippen molar-refractivity contribution in [2.75, 3.05) is 11.5 Å². The number of aliphatic carboxylic acids is 1. The molecule has 1 aromatic carbocycles. The summed E-state index contributed by atoms with van der Waals surface area (Å²) in [4.78, 5) is 10.8. The topological polar surface area (TPSA) is 107 Å². The van der Waals surface area contributed by atoms with Crippen molar-refractivity contribution in [3.8, 4) is 5.75 Å². The van der Waals surface area contributed by atoms with E-state index in [0.29, 0.717) is 15.8 Å². The van der Waals surface area contributed by atoms with Gasteiger partial charge in [-0.25, -0.2) is 8.42 Å². The van der Waals surface area contributed by atoms with E-state index < -0.39 is 21.8 Å². The average molecular weight is 350 g/mol. The Bertz CT molecular complexity index is 604. The van der Waals surface area contributed by atoms with Gasteiger partial charge in [0.25, 0.3) is 0 Å². The first kappa shape index (κ1) is 14.3. The number of nitrogens with two attached hydrogens (primary N) is 1. The molecule has 1 unspecified atom stereocenters. The van der Waals surface area contributed by atoms with Crippen LogP contribution < -0.4 is 10.5 Å². The third-order valence-electron chi connectivity index (χ3n) is 2.75. The molecule has 3 N–H and O–H groups in total. The van der Waals surface area contributed by atoms with Gasteiger partial charge in [-0.2, -0.15) is 0 Å². The predicted molar refractivity (Wildman–Crippen MR) is 71.8 cm³/mol. The van der Waals surface area contributed by atoms with Crippen molar-refractivity contribution in [2.45, 2.75) is 12.1 Å². The fourth-order valence-corrected chi connectivity index (χ4v) is 3.38. The summed E-state index contributed by atoms with van der Waals surface area (Å²) in [6.07, 6.45) is -0.347. The van der Waals surface area contributed by atoms with E-state index in [4.69, 9.17) is 15.6 Å². The second-order valence-corrected chi connectivity index (χ2v) is 7.33. The maximum absolute atomic E-state index is 11.0. The molecule has 8 heteroatoms. The number of carboxylic acids is 1. The van der Waals surface area contributed by atoms with Crippen LogP contribution in [0.4, 0.5) is 0 Å². The largest absolute Gasteiger partial charge is 0.487 e. The van der Waals surface area contributed by atoms with E-state index in [0.717, 1.165) is 0 Å². The van der Waals surface area contributed by atoms with Crippen molar-refractivity contribution >= 4 is 31.7 Å². The minimum atomic E-state index is -2.93. The molecule has 0 radical (unpaired) electrons. The predicted octanol–water partition coefficient (Wildman–Crippen LogP) is 0.709. The lowest BCUT2D eigenvalue weighted by atomic mass is 10.1. The molecule has 0 amide bonds. The van der Waals surface area contributed by atoms with E-state index in [1.807, 2.05) is 0 Å². The summed E-state index contributed by atoms with van der Waals surface area (Å²) in [5, 5.41) is 8.81. The molecule has 0 spiro atoms. The molecule has 1 heterocycles. The van der Waals surface area contributed by atoms with Gasteiger partial charge in [0.1, 0.15) is 17.9 Å². The molecule has 1 aromatic rings. The van der Waals surface area contributed by atoms with Crippen molar-refractivity contribution in [3.05, 3.63) is 28.2 Å². The first-order valence-corrected chi connectivity index (χ1v) is 8.05. The highest BCUT2D eigenvalue weighted by molar-refractivity contribution is 9.10. The molecular formula is C11H12BrNO5S. The quantitative estimate of drug-likeness (QED) is 0.828. The lowest BCUT2D eigenvalue weighted by molar-refractivity contribution is -0.138. The molecule has 1 saturated heterocycles. The summed E-state index contributed by atoms with van der Waals surface area (Å²) < 4.78 is 28.1. The molecule has 2 rings (SSSR count). The van der Waals surface area contributed by atoms with Crippen molar-refractivity contribution < 1.29 is 23.1 Å². The van der Waals surface area contributed by atoms with Gasteiger partial charge in [0.15, 0.2) is 9.84 Å². The van der Waals surface area contributed by atoms with Gasteiger partial charge < -0.3 is 15.6 Å². The van der Waals surface area contributed by atoms with Gasteiger partial charge in [-0.15, -0.1) is 0 Å². The first-order valence-electron chi connectivity index (χ1n) is 5.43. The van der Waals surface area contributed by atoms with Gasteiger partial charge >= 0.3 is 5.97 Å². The van der Waals surface area contributed by atoms with Crippen molar-refractivity contribution in [1.29, 1.82) is 0 Å². The fraction of sp³-hybridized carbons (Fsp3) is 0.364. The van der Waals surface area contributed by atoms with E-state index >= 15 is 0 Å². The van der Waals surface area contributed by atoms with E-state index in [-0.39, 0.29) is 17.6 Å². The van der Waals surface area contributed by atoms with Crippen LogP contribution in [-0.2, 0) is 14.6 Å². The minimum absolute atomic E-state index is 0.00975. The number of carbonyl (C=O) groups is 1. The summed E-state index contributed by atoms with van der Waals surface area (Å²) in [6, 6.07) is 3.58. The zero-order valence-corrected chi connectivity index (χ0v) is 12.1. The number of halogens is 1. The first-order chi connectivity index (χ1) is 8.78. The van der Waals surface area contributed by atoms with Crippen LogP contribution in [0.5, 0.6) is 5.75 Å². The number of sulfone groups is 1. The molecule has 1 fully saturated rings. The number of hydrogen-bond acceptors (Lipinski definition) is 5. The van der Waals surface area contributed by atoms with Crippen LogP contribution in [-0.4, -0.2) is 37.1 Å². The summed E-state index contributed by atoms with van der Waals surface area (Å²) in [5.74, 6) is -0.627. The monoisotopic (exact) mass is 349 g/mol. The Hall–Kier alpha value is -1.12. The second-order valence-electron chi connectivity index (χ2n) is 4.32. The Balaban J connectivity index is 2.10. The zero-order chi connectivity index (χ0) is 14.2. The number of benzene rings is 1. The van der Waals surface area contributed by atoms with E-state index in [9.17, 15) is 13.2 Å². The molecule has 0 bridgehead atoms. The average Bonchev–Trinajstić information content (AvgIpc) is 2.28. The second kappa shape index (κ2) is 5.10. The summed E-state index contributed by atoms with van der Waals surface area (Å²) >= 11 is 3.25. The van der Waals surface area contributed by atoms with Crippen LogP contribution >= 0.6 is 15.9 Å². The number of hydrogen-bond donors (Lipinski definition) is 2. The van der Waals surface area contributed by atoms with Gasteiger partial charge in [-0.1, -0.05) is 6.07 Å². The number of rotatable bonds is 4. The third-order valence-corrected chi connectivity index (χ3v) is 5.13. The molecule has 0 saturated carbocycles. The third kappa shape index (κ3) is 3.26. The molecule has 0 aliphatic carbocycles. The molecule has 1 aliphatic heterocycles. The molecular weight excluding hydrogens is 338 g/mol. The van der Waals surface area contributed by atoms with Crippen molar-refractivity contribution in [2.24, 2.45) is 5.73 Å². The molecule has 6 nitrogen and oxygen atoms in total. The Morgan fingerprint density at radius 1 is 1.47 bits per heavy atom. The van der Waals surface area contributed by atoms with Crippen molar-refractivity contribution in [1.82, 2.24) is 0 Å². The summed E-state index contributed by atoms with van der Waals surface area (Å²) in [7, 11) is -2.93. The number of carboxylic acid groups (broad SMARTS) is 1. The molecule has 1 aliphatic rings. The van der Waals surface area contributed by atoms with Gasteiger partial charge in [0, 0.05) is 0 Å². The standard InChI is InChI=1S/C11H12BrNO5S/c12-8-3-6(10(13)11(14)15)1-2-9(8)18-7-4-19(16,17)5-7/h1-3,7,10H,4-5,13H2,(H,14,15). The Morgan fingerprint density at radius 3 is 2.58 bits per heavy atom. The molecule has 104 valence electrons. The highest BCUT2D eigenvalue weighted by atomic mass is 79.9. The van der Waals surface area contributed by atoms with Crippen LogP contribution in [0.3, 0.4) is 0 Å². The highest BCUT2D eigenvalue weighted by Gasteiger charge is 2.35. The molecule has 0 aromatic heterocycles. The molecule has 19 heavy (non-hydrogen) atoms. The van der Waals surface area contributed by atoms with E-state index in [1.165, 1.54) is 0 Å². The maximum Gasteiger partial charge on any atom is 0.325 e. The van der Waals surface area contributed by atoms with Gasteiger partial charge in [0.2, 0.25) is 0 Å². The lowest BCUT2D eigenvalue weighted by Crippen LogP contribution is -2.45. The van der Waals surface area contributed by atoms with Crippen LogP contribution in [0.25, 0.3) is 0 Å². The fourth-order valence-electron chi connectivity index (χ4n) is 1.71. The maximum atomic E-state index is 11.0. The van der Waals surface area contributed by atoms with E-state index in [1.54, 1.807) is 18.2 Å². The van der Waals surface area contributed by atoms with Gasteiger partial charge in [0.05, 0.1) is 16.0 Å². The van der Waals surface area contributed by atoms with Gasteiger partial charge in [-0.05, 0) is 33.6 Å². The minimum Gasteiger partial charge on any atom is -0.487 e. The van der Waals surface area contributed by atoms with Gasteiger partial charge in [-0.3, -0.25) is 4.79 Å². The molecule has 1 atom stereocenters. The Morgan fingerprint density at radius 2 is 2.11 bits per heavy atom. The zero-order valence-electron chi connectivity index (χ0n) is 9.74. The van der Waals surface area contributed by atoms with Crippen molar-refractivity contribution in [3.63, 3.8) is 0 Å². The Kier molecular flexibility index (Phi) is 3.84. The lowest BCUT2D eigenvalue weighted by Gasteiger charge is -2.27. The highest BCUT2D eigenvalue weighted by Crippen LogP contribution is 2.30.